The van der Waals surface area contributed by atoms with E-state index in [1.54, 1.807) is 20.8 Å². The number of guanidine groups is 1. The molecule has 5 nitrogen and oxygen atoms in total. The summed E-state index contributed by atoms with van der Waals surface area (Å²) in [4.78, 5) is 4.39. The van der Waals surface area contributed by atoms with Gasteiger partial charge in [0, 0.05) is 13.1 Å². The lowest BCUT2D eigenvalue weighted by molar-refractivity contribution is 0.560. The minimum atomic E-state index is -3.14. The fourth-order valence-electron chi connectivity index (χ4n) is 2.46. The second kappa shape index (κ2) is 9.22. The molecule has 0 heterocycles. The van der Waals surface area contributed by atoms with Gasteiger partial charge in [-0.15, -0.1) is 0 Å². The molecule has 1 rings (SSSR count). The van der Waals surface area contributed by atoms with Crippen molar-refractivity contribution in [3.63, 3.8) is 0 Å². The maximum atomic E-state index is 12.1. The van der Waals surface area contributed by atoms with Crippen molar-refractivity contribution in [3.8, 4) is 0 Å². The average molecular weight is 368 g/mol. The van der Waals surface area contributed by atoms with E-state index >= 15 is 0 Å². The Morgan fingerprint density at radius 3 is 2.20 bits per heavy atom. The van der Waals surface area contributed by atoms with Crippen LogP contribution in [0.2, 0.25) is 0 Å². The van der Waals surface area contributed by atoms with Crippen molar-refractivity contribution in [3.05, 3.63) is 34.9 Å². The summed E-state index contributed by atoms with van der Waals surface area (Å²) in [6, 6.07) is 6.54. The zero-order valence-electron chi connectivity index (χ0n) is 16.4. The molecule has 0 radical (unpaired) electrons. The zero-order valence-corrected chi connectivity index (χ0v) is 17.3. The Morgan fingerprint density at radius 2 is 1.68 bits per heavy atom. The highest BCUT2D eigenvalue weighted by Gasteiger charge is 2.28. The van der Waals surface area contributed by atoms with Gasteiger partial charge in [-0.2, -0.15) is 0 Å². The van der Waals surface area contributed by atoms with Gasteiger partial charge in [0.1, 0.15) is 0 Å². The predicted octanol–water partition coefficient (Wildman–Crippen LogP) is 2.61. The van der Waals surface area contributed by atoms with E-state index in [9.17, 15) is 8.42 Å². The molecule has 142 valence electrons. The van der Waals surface area contributed by atoms with Crippen molar-refractivity contribution in [2.24, 2.45) is 4.99 Å². The Labute approximate surface area is 153 Å². The Bertz CT molecular complexity index is 669. The fraction of sp³-hybridized carbons (Fsp3) is 0.632. The van der Waals surface area contributed by atoms with Crippen LogP contribution in [0.1, 0.15) is 44.4 Å². The number of sulfone groups is 1. The van der Waals surface area contributed by atoms with E-state index in [-0.39, 0.29) is 12.3 Å². The summed E-state index contributed by atoms with van der Waals surface area (Å²) in [7, 11) is -3.14. The second-order valence-electron chi connectivity index (χ2n) is 7.36. The molecule has 0 aliphatic carbocycles. The van der Waals surface area contributed by atoms with Gasteiger partial charge in [-0.05, 0) is 53.5 Å². The fourth-order valence-corrected chi connectivity index (χ4v) is 3.41. The summed E-state index contributed by atoms with van der Waals surface area (Å²) in [6.45, 7) is 13.1. The molecule has 0 unspecified atom stereocenters. The highest BCUT2D eigenvalue weighted by atomic mass is 32.2. The van der Waals surface area contributed by atoms with Crippen molar-refractivity contribution in [1.82, 2.24) is 10.6 Å². The molecule has 25 heavy (non-hydrogen) atoms. The van der Waals surface area contributed by atoms with Crippen molar-refractivity contribution < 1.29 is 8.42 Å². The Balaban J connectivity index is 2.59. The maximum absolute atomic E-state index is 12.1. The van der Waals surface area contributed by atoms with Gasteiger partial charge in [0.25, 0.3) is 0 Å². The van der Waals surface area contributed by atoms with E-state index in [0.29, 0.717) is 5.96 Å². The lowest BCUT2D eigenvalue weighted by Gasteiger charge is -2.18. The van der Waals surface area contributed by atoms with Crippen LogP contribution in [0, 0.1) is 13.8 Å². The van der Waals surface area contributed by atoms with E-state index < -0.39 is 14.6 Å². The molecule has 2 N–H and O–H groups in total. The lowest BCUT2D eigenvalue weighted by atomic mass is 10.1. The van der Waals surface area contributed by atoms with Crippen LogP contribution in [0.25, 0.3) is 0 Å². The highest BCUT2D eigenvalue weighted by molar-refractivity contribution is 7.92. The highest BCUT2D eigenvalue weighted by Crippen LogP contribution is 2.15. The van der Waals surface area contributed by atoms with Gasteiger partial charge >= 0.3 is 0 Å². The first-order valence-electron chi connectivity index (χ1n) is 8.87. The van der Waals surface area contributed by atoms with E-state index in [1.165, 1.54) is 16.7 Å². The minimum absolute atomic E-state index is 0.0597. The molecule has 0 aromatic heterocycles. The Kier molecular flexibility index (Phi) is 7.93. The quantitative estimate of drug-likeness (QED) is 0.574. The van der Waals surface area contributed by atoms with Gasteiger partial charge in [-0.1, -0.05) is 29.3 Å². The molecule has 0 spiro atoms. The van der Waals surface area contributed by atoms with Gasteiger partial charge in [0.05, 0.1) is 17.0 Å². The maximum Gasteiger partial charge on any atom is 0.191 e. The first-order valence-corrected chi connectivity index (χ1v) is 10.5. The molecule has 0 aliphatic heterocycles. The number of aryl methyl sites for hydroxylation is 2. The van der Waals surface area contributed by atoms with E-state index in [0.717, 1.165) is 19.5 Å². The first-order chi connectivity index (χ1) is 11.5. The molecule has 1 aromatic carbocycles. The molecule has 0 bridgehead atoms. The summed E-state index contributed by atoms with van der Waals surface area (Å²) < 4.78 is 23.5. The summed E-state index contributed by atoms with van der Waals surface area (Å²) in [5.41, 5.74) is 3.82. The predicted molar refractivity (Wildman–Crippen MR) is 107 cm³/mol. The van der Waals surface area contributed by atoms with Crippen molar-refractivity contribution in [2.45, 2.75) is 52.7 Å². The van der Waals surface area contributed by atoms with Crippen molar-refractivity contribution in [1.29, 1.82) is 0 Å². The molecule has 0 fully saturated rings. The second-order valence-corrected chi connectivity index (χ2v) is 10.2. The lowest BCUT2D eigenvalue weighted by Crippen LogP contribution is -2.39. The smallest absolute Gasteiger partial charge is 0.191 e. The molecule has 0 amide bonds. The number of benzene rings is 1. The third-order valence-corrected chi connectivity index (χ3v) is 6.48. The van der Waals surface area contributed by atoms with Crippen LogP contribution in [-0.2, 0) is 16.3 Å². The van der Waals surface area contributed by atoms with Gasteiger partial charge < -0.3 is 10.6 Å². The Morgan fingerprint density at radius 1 is 1.08 bits per heavy atom. The molecule has 0 aliphatic rings. The van der Waals surface area contributed by atoms with Crippen LogP contribution in [0.3, 0.4) is 0 Å². The average Bonchev–Trinajstić information content (AvgIpc) is 2.44. The summed E-state index contributed by atoms with van der Waals surface area (Å²) in [5.74, 6) is 0.723. The molecule has 1 aromatic rings. The monoisotopic (exact) mass is 367 g/mol. The summed E-state index contributed by atoms with van der Waals surface area (Å²) in [5, 5.41) is 6.44. The van der Waals surface area contributed by atoms with E-state index in [4.69, 9.17) is 0 Å². The number of rotatable bonds is 7. The zero-order chi connectivity index (χ0) is 19.1. The van der Waals surface area contributed by atoms with Gasteiger partial charge in [-0.25, -0.2) is 8.42 Å². The summed E-state index contributed by atoms with van der Waals surface area (Å²) >= 11 is 0. The van der Waals surface area contributed by atoms with Gasteiger partial charge in [0.15, 0.2) is 15.8 Å². The SMILES string of the molecule is CCNC(=NCCS(=O)(=O)C(C)(C)C)NCCc1cc(C)cc(C)c1. The Hall–Kier alpha value is -1.56. The van der Waals surface area contributed by atoms with Crippen LogP contribution >= 0.6 is 0 Å². The van der Waals surface area contributed by atoms with Crippen LogP contribution < -0.4 is 10.6 Å². The number of hydrogen-bond acceptors (Lipinski definition) is 3. The third-order valence-electron chi connectivity index (χ3n) is 3.89. The molecular weight excluding hydrogens is 334 g/mol. The van der Waals surface area contributed by atoms with Crippen LogP contribution in [-0.4, -0.2) is 44.5 Å². The largest absolute Gasteiger partial charge is 0.357 e. The topological polar surface area (TPSA) is 70.6 Å². The molecule has 6 heteroatoms. The number of nitrogens with one attached hydrogen (secondary N) is 2. The number of aliphatic imine (C=N–C) groups is 1. The molecule has 0 saturated carbocycles. The van der Waals surface area contributed by atoms with Gasteiger partial charge in [0.2, 0.25) is 0 Å². The summed E-state index contributed by atoms with van der Waals surface area (Å²) in [6.07, 6.45) is 0.896. The molecule has 0 saturated heterocycles. The van der Waals surface area contributed by atoms with Crippen molar-refractivity contribution >= 4 is 15.8 Å². The van der Waals surface area contributed by atoms with Crippen LogP contribution in [0.5, 0.6) is 0 Å². The minimum Gasteiger partial charge on any atom is -0.357 e. The van der Waals surface area contributed by atoms with Gasteiger partial charge in [-0.3, -0.25) is 4.99 Å². The van der Waals surface area contributed by atoms with E-state index in [2.05, 4.69) is 47.7 Å². The van der Waals surface area contributed by atoms with Crippen molar-refractivity contribution in [2.75, 3.05) is 25.4 Å². The van der Waals surface area contributed by atoms with Crippen LogP contribution in [0.15, 0.2) is 23.2 Å². The van der Waals surface area contributed by atoms with E-state index in [1.807, 2.05) is 6.92 Å². The molecular formula is C19H33N3O2S. The van der Waals surface area contributed by atoms with Crippen LogP contribution in [0.4, 0.5) is 0 Å². The standard InChI is InChI=1S/C19H33N3O2S/c1-7-20-18(22-10-11-25(23,24)19(4,5)6)21-9-8-17-13-15(2)12-16(3)14-17/h12-14H,7-11H2,1-6H3,(H2,20,21,22). The molecule has 0 atom stereocenters. The normalized spacial score (nSPS) is 13.0. The number of hydrogen-bond donors (Lipinski definition) is 2. The first kappa shape index (κ1) is 21.5. The number of nitrogens with zero attached hydrogens (tertiary/aromatic N) is 1. The third kappa shape index (κ3) is 7.46.